The van der Waals surface area contributed by atoms with Crippen molar-refractivity contribution in [1.82, 2.24) is 0 Å². The van der Waals surface area contributed by atoms with Gasteiger partial charge >= 0.3 is 0 Å². The molecule has 1 aromatic carbocycles. The van der Waals surface area contributed by atoms with Gasteiger partial charge in [-0.25, -0.2) is 0 Å². The van der Waals surface area contributed by atoms with Gasteiger partial charge in [-0.15, -0.1) is 0 Å². The lowest BCUT2D eigenvalue weighted by molar-refractivity contribution is 0.217. The third-order valence-electron chi connectivity index (χ3n) is 1.99. The van der Waals surface area contributed by atoms with E-state index >= 15 is 0 Å². The van der Waals surface area contributed by atoms with Crippen LogP contribution in [0, 0.1) is 0 Å². The lowest BCUT2D eigenvalue weighted by atomic mass is 10.0. The van der Waals surface area contributed by atoms with E-state index < -0.39 is 6.10 Å². The molecule has 0 radical (unpaired) electrons. The van der Waals surface area contributed by atoms with Crippen LogP contribution in [0.4, 0.5) is 0 Å². The predicted molar refractivity (Wildman–Crippen MR) is 60.9 cm³/mol. The van der Waals surface area contributed by atoms with Gasteiger partial charge in [0, 0.05) is 5.33 Å². The molecule has 0 aliphatic carbocycles. The van der Waals surface area contributed by atoms with E-state index in [0.29, 0.717) is 5.33 Å². The van der Waals surface area contributed by atoms with Crippen molar-refractivity contribution in [3.63, 3.8) is 0 Å². The summed E-state index contributed by atoms with van der Waals surface area (Å²) in [5.74, 6) is 0.783. The van der Waals surface area contributed by atoms with Gasteiger partial charge in [0.05, 0.1) is 7.11 Å². The molecule has 0 aromatic heterocycles. The Balaban J connectivity index is 2.81. The Hall–Kier alpha value is -0.800. The summed E-state index contributed by atoms with van der Waals surface area (Å²) in [5, 5.41) is 10.4. The van der Waals surface area contributed by atoms with Gasteiger partial charge < -0.3 is 9.84 Å². The zero-order valence-corrected chi connectivity index (χ0v) is 9.62. The largest absolute Gasteiger partial charge is 0.497 e. The van der Waals surface area contributed by atoms with Gasteiger partial charge in [-0.3, -0.25) is 0 Å². The van der Waals surface area contributed by atoms with Gasteiger partial charge in [-0.05, 0) is 23.3 Å². The third kappa shape index (κ3) is 2.59. The number of methoxy groups -OCH3 is 1. The monoisotopic (exact) mass is 256 g/mol. The van der Waals surface area contributed by atoms with E-state index in [2.05, 4.69) is 22.5 Å². The van der Waals surface area contributed by atoms with E-state index in [9.17, 15) is 5.11 Å². The van der Waals surface area contributed by atoms with Crippen LogP contribution in [0.2, 0.25) is 0 Å². The van der Waals surface area contributed by atoms with Crippen molar-refractivity contribution in [3.05, 3.63) is 42.0 Å². The van der Waals surface area contributed by atoms with Crippen LogP contribution < -0.4 is 4.74 Å². The van der Waals surface area contributed by atoms with Crippen molar-refractivity contribution in [2.24, 2.45) is 0 Å². The van der Waals surface area contributed by atoms with Gasteiger partial charge in [0.2, 0.25) is 0 Å². The van der Waals surface area contributed by atoms with Gasteiger partial charge in [0.15, 0.2) is 0 Å². The molecule has 1 N–H and O–H groups in total. The number of benzene rings is 1. The molecule has 0 bridgehead atoms. The number of aliphatic hydroxyl groups excluding tert-OH is 1. The van der Waals surface area contributed by atoms with Crippen LogP contribution in [-0.2, 0) is 0 Å². The molecule has 3 heteroatoms. The maximum atomic E-state index is 9.78. The first-order chi connectivity index (χ1) is 6.69. The average molecular weight is 257 g/mol. The lowest BCUT2D eigenvalue weighted by Crippen LogP contribution is -2.01. The normalized spacial score (nSPS) is 12.2. The zero-order chi connectivity index (χ0) is 10.6. The number of halogens is 1. The van der Waals surface area contributed by atoms with Gasteiger partial charge in [-0.1, -0.05) is 34.6 Å². The van der Waals surface area contributed by atoms with Crippen LogP contribution in [0.3, 0.4) is 0 Å². The standard InChI is InChI=1S/C11H13BrO2/c1-8(7-12)11(13)9-3-5-10(14-2)6-4-9/h3-6,11,13H,1,7H2,2H3. The van der Waals surface area contributed by atoms with Crippen LogP contribution in [-0.4, -0.2) is 17.5 Å². The fourth-order valence-corrected chi connectivity index (χ4v) is 1.40. The fraction of sp³-hybridized carbons (Fsp3) is 0.273. The van der Waals surface area contributed by atoms with Gasteiger partial charge in [-0.2, -0.15) is 0 Å². The summed E-state index contributed by atoms with van der Waals surface area (Å²) in [7, 11) is 1.61. The highest BCUT2D eigenvalue weighted by molar-refractivity contribution is 9.09. The maximum Gasteiger partial charge on any atom is 0.118 e. The van der Waals surface area contributed by atoms with Crippen LogP contribution in [0.25, 0.3) is 0 Å². The van der Waals surface area contributed by atoms with E-state index in [0.717, 1.165) is 16.9 Å². The van der Waals surface area contributed by atoms with E-state index in [1.165, 1.54) is 0 Å². The number of hydrogen-bond acceptors (Lipinski definition) is 2. The second-order valence-electron chi connectivity index (χ2n) is 2.97. The molecular formula is C11H13BrO2. The average Bonchev–Trinajstić information content (AvgIpc) is 2.27. The van der Waals surface area contributed by atoms with E-state index in [-0.39, 0.29) is 0 Å². The summed E-state index contributed by atoms with van der Waals surface area (Å²) >= 11 is 3.26. The molecule has 2 nitrogen and oxygen atoms in total. The number of alkyl halides is 1. The molecule has 1 rings (SSSR count). The second-order valence-corrected chi connectivity index (χ2v) is 3.53. The highest BCUT2D eigenvalue weighted by Crippen LogP contribution is 2.23. The summed E-state index contributed by atoms with van der Waals surface area (Å²) < 4.78 is 5.02. The molecule has 0 saturated heterocycles. The Morgan fingerprint density at radius 2 is 2.07 bits per heavy atom. The lowest BCUT2D eigenvalue weighted by Gasteiger charge is -2.12. The Kier molecular flexibility index (Phi) is 4.17. The third-order valence-corrected chi connectivity index (χ3v) is 2.71. The summed E-state index contributed by atoms with van der Waals surface area (Å²) in [5.41, 5.74) is 1.57. The summed E-state index contributed by atoms with van der Waals surface area (Å²) in [6.07, 6.45) is -0.611. The topological polar surface area (TPSA) is 29.5 Å². The van der Waals surface area contributed by atoms with Gasteiger partial charge in [0.25, 0.3) is 0 Å². The molecule has 0 spiro atoms. The van der Waals surface area contributed by atoms with Crippen molar-refractivity contribution in [1.29, 1.82) is 0 Å². The molecule has 0 saturated carbocycles. The highest BCUT2D eigenvalue weighted by atomic mass is 79.9. The molecule has 0 fully saturated rings. The molecule has 0 aliphatic rings. The van der Waals surface area contributed by atoms with Crippen molar-refractivity contribution < 1.29 is 9.84 Å². The minimum Gasteiger partial charge on any atom is -0.497 e. The quantitative estimate of drug-likeness (QED) is 0.663. The minimum atomic E-state index is -0.611. The summed E-state index contributed by atoms with van der Waals surface area (Å²) in [6.45, 7) is 3.76. The van der Waals surface area contributed by atoms with Crippen molar-refractivity contribution in [2.75, 3.05) is 12.4 Å². The second kappa shape index (κ2) is 5.17. The molecule has 1 atom stereocenters. The first-order valence-electron chi connectivity index (χ1n) is 4.24. The highest BCUT2D eigenvalue weighted by Gasteiger charge is 2.09. The smallest absolute Gasteiger partial charge is 0.118 e. The molecule has 0 aliphatic heterocycles. The fourth-order valence-electron chi connectivity index (χ4n) is 1.09. The summed E-state index contributed by atoms with van der Waals surface area (Å²) in [6, 6.07) is 7.30. The number of ether oxygens (including phenoxy) is 1. The Labute approximate surface area is 92.3 Å². The van der Waals surface area contributed by atoms with Crippen molar-refractivity contribution in [2.45, 2.75) is 6.10 Å². The molecule has 0 amide bonds. The number of aliphatic hydroxyl groups is 1. The van der Waals surface area contributed by atoms with Crippen LogP contribution in [0.15, 0.2) is 36.4 Å². The maximum absolute atomic E-state index is 9.78. The molecule has 14 heavy (non-hydrogen) atoms. The zero-order valence-electron chi connectivity index (χ0n) is 8.03. The molecular weight excluding hydrogens is 244 g/mol. The van der Waals surface area contributed by atoms with Gasteiger partial charge in [0.1, 0.15) is 11.9 Å². The number of rotatable bonds is 4. The first-order valence-corrected chi connectivity index (χ1v) is 5.37. The minimum absolute atomic E-state index is 0.597. The van der Waals surface area contributed by atoms with E-state index in [1.807, 2.05) is 24.3 Å². The predicted octanol–water partition coefficient (Wildman–Crippen LogP) is 2.68. The van der Waals surface area contributed by atoms with Crippen LogP contribution in [0.1, 0.15) is 11.7 Å². The Morgan fingerprint density at radius 3 is 2.50 bits per heavy atom. The summed E-state index contributed by atoms with van der Waals surface area (Å²) in [4.78, 5) is 0. The molecule has 76 valence electrons. The van der Waals surface area contributed by atoms with Crippen LogP contribution >= 0.6 is 15.9 Å². The molecule has 1 aromatic rings. The Morgan fingerprint density at radius 1 is 1.50 bits per heavy atom. The van der Waals surface area contributed by atoms with E-state index in [1.54, 1.807) is 7.11 Å². The number of hydrogen-bond donors (Lipinski definition) is 1. The Bertz CT molecular complexity index is 306. The van der Waals surface area contributed by atoms with Crippen molar-refractivity contribution in [3.8, 4) is 5.75 Å². The van der Waals surface area contributed by atoms with Crippen LogP contribution in [0.5, 0.6) is 5.75 Å². The van der Waals surface area contributed by atoms with E-state index in [4.69, 9.17) is 4.74 Å². The first kappa shape index (κ1) is 11.3. The van der Waals surface area contributed by atoms with Crippen molar-refractivity contribution >= 4 is 15.9 Å². The molecule has 0 heterocycles. The SMILES string of the molecule is C=C(CBr)C(O)c1ccc(OC)cc1. The molecule has 1 unspecified atom stereocenters.